The summed E-state index contributed by atoms with van der Waals surface area (Å²) in [5.74, 6) is 0.492. The minimum absolute atomic E-state index is 0.184. The fourth-order valence-corrected chi connectivity index (χ4v) is 1.52. The zero-order valence-electron chi connectivity index (χ0n) is 10.3. The van der Waals surface area contributed by atoms with Crippen LogP contribution in [0.15, 0.2) is 24.3 Å². The van der Waals surface area contributed by atoms with Crippen LogP contribution in [0.4, 0.5) is 0 Å². The number of hydrogen-bond acceptors (Lipinski definition) is 4. The first-order valence-corrected chi connectivity index (χ1v) is 5.81. The molecule has 0 aliphatic rings. The van der Waals surface area contributed by atoms with E-state index in [1.165, 1.54) is 0 Å². The molecule has 17 heavy (non-hydrogen) atoms. The van der Waals surface area contributed by atoms with Gasteiger partial charge in [-0.3, -0.25) is 4.79 Å². The van der Waals surface area contributed by atoms with E-state index >= 15 is 0 Å². The molecule has 4 heteroatoms. The smallest absolute Gasteiger partial charge is 0.307 e. The third-order valence-electron chi connectivity index (χ3n) is 2.29. The maximum atomic E-state index is 11.3. The Morgan fingerprint density at radius 2 is 2.12 bits per heavy atom. The van der Waals surface area contributed by atoms with Crippen molar-refractivity contribution in [3.63, 3.8) is 0 Å². The summed E-state index contributed by atoms with van der Waals surface area (Å²) in [6.07, 6.45) is 0.184. The highest BCUT2D eigenvalue weighted by molar-refractivity contribution is 5.70. The van der Waals surface area contributed by atoms with Gasteiger partial charge in [-0.15, -0.1) is 0 Å². The van der Waals surface area contributed by atoms with Crippen molar-refractivity contribution in [3.8, 4) is 5.75 Å². The molecule has 0 saturated heterocycles. The number of esters is 1. The lowest BCUT2D eigenvalue weighted by Crippen LogP contribution is -2.17. The molecule has 0 unspecified atom stereocenters. The average molecular weight is 237 g/mol. The maximum absolute atomic E-state index is 11.3. The predicted molar refractivity (Wildman–Crippen MR) is 65.8 cm³/mol. The number of carbonyl (C=O) groups is 1. The first-order valence-electron chi connectivity index (χ1n) is 5.81. The van der Waals surface area contributed by atoms with Crippen LogP contribution in [0.3, 0.4) is 0 Å². The summed E-state index contributed by atoms with van der Waals surface area (Å²) in [7, 11) is 0. The van der Waals surface area contributed by atoms with E-state index in [9.17, 15) is 4.79 Å². The van der Waals surface area contributed by atoms with Gasteiger partial charge in [0.15, 0.2) is 0 Å². The monoisotopic (exact) mass is 237 g/mol. The van der Waals surface area contributed by atoms with Crippen molar-refractivity contribution in [2.75, 3.05) is 13.2 Å². The molecule has 0 heterocycles. The standard InChI is InChI=1S/C13H19NO3/c1-3-16-11-7-5-6-10(8-11)12(14)9-13(15)17-4-2/h5-8,12H,3-4,9,14H2,1-2H3/t12-/m0/s1. The summed E-state index contributed by atoms with van der Waals surface area (Å²) in [6.45, 7) is 4.69. The summed E-state index contributed by atoms with van der Waals surface area (Å²) in [4.78, 5) is 11.3. The number of carbonyl (C=O) groups excluding carboxylic acids is 1. The molecule has 0 spiro atoms. The molecule has 0 fully saturated rings. The van der Waals surface area contributed by atoms with Gasteiger partial charge in [-0.1, -0.05) is 12.1 Å². The highest BCUT2D eigenvalue weighted by Crippen LogP contribution is 2.20. The van der Waals surface area contributed by atoms with Crippen molar-refractivity contribution < 1.29 is 14.3 Å². The highest BCUT2D eigenvalue weighted by atomic mass is 16.5. The fraction of sp³-hybridized carbons (Fsp3) is 0.462. The van der Waals surface area contributed by atoms with Gasteiger partial charge in [-0.05, 0) is 31.5 Å². The summed E-state index contributed by atoms with van der Waals surface area (Å²) in [6, 6.07) is 7.12. The van der Waals surface area contributed by atoms with Crippen molar-refractivity contribution in [3.05, 3.63) is 29.8 Å². The lowest BCUT2D eigenvalue weighted by atomic mass is 10.0. The largest absolute Gasteiger partial charge is 0.494 e. The number of ether oxygens (including phenoxy) is 2. The van der Waals surface area contributed by atoms with Gasteiger partial charge < -0.3 is 15.2 Å². The van der Waals surface area contributed by atoms with Gasteiger partial charge in [0.25, 0.3) is 0 Å². The predicted octanol–water partition coefficient (Wildman–Crippen LogP) is 2.04. The fourth-order valence-electron chi connectivity index (χ4n) is 1.52. The van der Waals surface area contributed by atoms with Crippen LogP contribution in [0.25, 0.3) is 0 Å². The number of rotatable bonds is 6. The van der Waals surface area contributed by atoms with Crippen molar-refractivity contribution in [2.45, 2.75) is 26.3 Å². The summed E-state index contributed by atoms with van der Waals surface area (Å²) in [5, 5.41) is 0. The minimum Gasteiger partial charge on any atom is -0.494 e. The lowest BCUT2D eigenvalue weighted by molar-refractivity contribution is -0.143. The van der Waals surface area contributed by atoms with Crippen molar-refractivity contribution in [1.82, 2.24) is 0 Å². The minimum atomic E-state index is -0.352. The van der Waals surface area contributed by atoms with Gasteiger partial charge in [0.1, 0.15) is 5.75 Å². The zero-order valence-corrected chi connectivity index (χ0v) is 10.3. The second-order valence-corrected chi connectivity index (χ2v) is 3.62. The Bertz CT molecular complexity index is 365. The SMILES string of the molecule is CCOC(=O)C[C@H](N)c1cccc(OCC)c1. The second-order valence-electron chi connectivity index (χ2n) is 3.62. The van der Waals surface area contributed by atoms with Gasteiger partial charge in [-0.25, -0.2) is 0 Å². The number of hydrogen-bond donors (Lipinski definition) is 1. The van der Waals surface area contributed by atoms with Crippen LogP contribution in [-0.4, -0.2) is 19.2 Å². The highest BCUT2D eigenvalue weighted by Gasteiger charge is 2.12. The van der Waals surface area contributed by atoms with Crippen molar-refractivity contribution in [2.24, 2.45) is 5.73 Å². The first kappa shape index (κ1) is 13.5. The van der Waals surface area contributed by atoms with E-state index in [0.717, 1.165) is 11.3 Å². The quantitative estimate of drug-likeness (QED) is 0.769. The molecular formula is C13H19NO3. The molecule has 1 atom stereocenters. The molecule has 0 amide bonds. The molecule has 1 aromatic rings. The van der Waals surface area contributed by atoms with Crippen LogP contribution >= 0.6 is 0 Å². The van der Waals surface area contributed by atoms with Crippen LogP contribution in [-0.2, 0) is 9.53 Å². The van der Waals surface area contributed by atoms with E-state index in [2.05, 4.69) is 0 Å². The Balaban J connectivity index is 2.64. The van der Waals surface area contributed by atoms with E-state index < -0.39 is 0 Å². The molecule has 2 N–H and O–H groups in total. The van der Waals surface area contributed by atoms with Gasteiger partial charge >= 0.3 is 5.97 Å². The molecule has 1 aromatic carbocycles. The zero-order chi connectivity index (χ0) is 12.7. The van der Waals surface area contributed by atoms with Crippen LogP contribution in [0.1, 0.15) is 31.9 Å². The van der Waals surface area contributed by atoms with E-state index in [-0.39, 0.29) is 18.4 Å². The molecule has 0 saturated carbocycles. The second kappa shape index (κ2) is 6.91. The van der Waals surface area contributed by atoms with E-state index in [1.54, 1.807) is 6.92 Å². The normalized spacial score (nSPS) is 11.9. The molecule has 0 bridgehead atoms. The number of benzene rings is 1. The molecule has 1 rings (SSSR count). The number of nitrogens with two attached hydrogens (primary N) is 1. The van der Waals surface area contributed by atoms with Crippen molar-refractivity contribution >= 4 is 5.97 Å². The van der Waals surface area contributed by atoms with Crippen molar-refractivity contribution in [1.29, 1.82) is 0 Å². The maximum Gasteiger partial charge on any atom is 0.307 e. The van der Waals surface area contributed by atoms with Crippen LogP contribution in [0.5, 0.6) is 5.75 Å². The van der Waals surface area contributed by atoms with E-state index in [4.69, 9.17) is 15.2 Å². The Labute approximate surface area is 102 Å². The van der Waals surface area contributed by atoms with Crippen LogP contribution in [0, 0.1) is 0 Å². The first-order chi connectivity index (χ1) is 8.17. The Morgan fingerprint density at radius 3 is 2.76 bits per heavy atom. The molecule has 0 radical (unpaired) electrons. The topological polar surface area (TPSA) is 61.5 Å². The Morgan fingerprint density at radius 1 is 1.35 bits per heavy atom. The molecule has 0 aromatic heterocycles. The summed E-state index contributed by atoms with van der Waals surface area (Å²) >= 11 is 0. The van der Waals surface area contributed by atoms with Crippen LogP contribution in [0.2, 0.25) is 0 Å². The third kappa shape index (κ3) is 4.44. The van der Waals surface area contributed by atoms with E-state index in [0.29, 0.717) is 13.2 Å². The van der Waals surface area contributed by atoms with Crippen LogP contribution < -0.4 is 10.5 Å². The third-order valence-corrected chi connectivity index (χ3v) is 2.29. The van der Waals surface area contributed by atoms with Gasteiger partial charge in [-0.2, -0.15) is 0 Å². The molecule has 0 aliphatic carbocycles. The Kier molecular flexibility index (Phi) is 5.49. The van der Waals surface area contributed by atoms with Gasteiger partial charge in [0.05, 0.1) is 19.6 Å². The summed E-state index contributed by atoms with van der Waals surface area (Å²) < 4.78 is 10.2. The summed E-state index contributed by atoms with van der Waals surface area (Å²) in [5.41, 5.74) is 6.81. The Hall–Kier alpha value is -1.55. The molecule has 94 valence electrons. The van der Waals surface area contributed by atoms with E-state index in [1.807, 2.05) is 31.2 Å². The van der Waals surface area contributed by atoms with Gasteiger partial charge in [0.2, 0.25) is 0 Å². The molecule has 4 nitrogen and oxygen atoms in total. The molecule has 0 aliphatic heterocycles. The average Bonchev–Trinajstić information content (AvgIpc) is 2.30. The lowest BCUT2D eigenvalue weighted by Gasteiger charge is -2.12. The molecular weight excluding hydrogens is 218 g/mol. The van der Waals surface area contributed by atoms with Gasteiger partial charge in [0, 0.05) is 6.04 Å².